The van der Waals surface area contributed by atoms with Crippen LogP contribution in [0, 0.1) is 0 Å². The minimum absolute atomic E-state index is 0.193. The van der Waals surface area contributed by atoms with Crippen LogP contribution in [0.2, 0.25) is 0 Å². The van der Waals surface area contributed by atoms with Gasteiger partial charge in [0.25, 0.3) is 9.05 Å². The highest BCUT2D eigenvalue weighted by Crippen LogP contribution is 2.28. The average Bonchev–Trinajstić information content (AvgIpc) is 2.64. The van der Waals surface area contributed by atoms with E-state index >= 15 is 0 Å². The number of likely N-dealkylation sites (N-methyl/N-ethyl adjacent to an activating group) is 1. The van der Waals surface area contributed by atoms with E-state index in [1.807, 2.05) is 19.2 Å². The Kier molecular flexibility index (Phi) is 3.06. The zero-order chi connectivity index (χ0) is 11.8. The van der Waals surface area contributed by atoms with Gasteiger partial charge >= 0.3 is 0 Å². The average molecular weight is 258 g/mol. The molecule has 0 aliphatic carbocycles. The number of halogens is 1. The molecule has 1 heterocycles. The van der Waals surface area contributed by atoms with Crippen molar-refractivity contribution in [2.24, 2.45) is 0 Å². The summed E-state index contributed by atoms with van der Waals surface area (Å²) in [4.78, 5) is 2.30. The summed E-state index contributed by atoms with van der Waals surface area (Å²) in [6, 6.07) is 6.83. The molecule has 0 atom stereocenters. The van der Waals surface area contributed by atoms with Crippen LogP contribution in [0.15, 0.2) is 35.2 Å². The van der Waals surface area contributed by atoms with Gasteiger partial charge in [0.2, 0.25) is 0 Å². The predicted octanol–water partition coefficient (Wildman–Crippen LogP) is 1.94. The molecular weight excluding hydrogens is 246 g/mol. The normalized spacial score (nSPS) is 17.5. The van der Waals surface area contributed by atoms with Crippen LogP contribution in [0.1, 0.15) is 5.56 Å². The molecule has 5 heteroatoms. The van der Waals surface area contributed by atoms with E-state index in [4.69, 9.17) is 10.7 Å². The van der Waals surface area contributed by atoms with Crippen LogP contribution >= 0.6 is 10.7 Å². The molecule has 0 N–H and O–H groups in total. The molecule has 1 aliphatic rings. The van der Waals surface area contributed by atoms with E-state index in [-0.39, 0.29) is 4.90 Å². The molecule has 2 rings (SSSR count). The van der Waals surface area contributed by atoms with E-state index in [0.717, 1.165) is 18.7 Å². The molecule has 0 spiro atoms. The molecule has 86 valence electrons. The lowest BCUT2D eigenvalue weighted by molar-refractivity contribution is 0.438. The van der Waals surface area contributed by atoms with E-state index in [2.05, 4.69) is 4.90 Å². The molecule has 0 amide bonds. The number of hydrogen-bond donors (Lipinski definition) is 0. The Morgan fingerprint density at radius 2 is 2.00 bits per heavy atom. The molecule has 0 saturated heterocycles. The van der Waals surface area contributed by atoms with Crippen molar-refractivity contribution in [3.63, 3.8) is 0 Å². The summed E-state index contributed by atoms with van der Waals surface area (Å²) in [6.45, 7) is 1.59. The summed E-state index contributed by atoms with van der Waals surface area (Å²) in [5, 5.41) is 0. The summed E-state index contributed by atoms with van der Waals surface area (Å²) in [6.07, 6.45) is 2.03. The molecule has 0 unspecified atom stereocenters. The molecule has 0 radical (unpaired) electrons. The Labute approximate surface area is 99.8 Å². The summed E-state index contributed by atoms with van der Waals surface area (Å²) in [5.41, 5.74) is 1.73. The highest BCUT2D eigenvalue weighted by atomic mass is 35.7. The van der Waals surface area contributed by atoms with Crippen LogP contribution in [-0.2, 0) is 9.05 Å². The maximum Gasteiger partial charge on any atom is 0.261 e. The fraction of sp³-hybridized carbons (Fsp3) is 0.273. The zero-order valence-corrected chi connectivity index (χ0v) is 10.4. The van der Waals surface area contributed by atoms with Crippen LogP contribution in [0.4, 0.5) is 0 Å². The Morgan fingerprint density at radius 1 is 1.31 bits per heavy atom. The van der Waals surface area contributed by atoms with Gasteiger partial charge in [0.05, 0.1) is 4.90 Å². The third-order valence-electron chi connectivity index (χ3n) is 2.59. The van der Waals surface area contributed by atoms with Crippen molar-refractivity contribution >= 4 is 25.3 Å². The predicted molar refractivity (Wildman–Crippen MR) is 65.0 cm³/mol. The molecule has 1 aromatic rings. The molecular formula is C11H12ClNO2S. The molecule has 0 aromatic heterocycles. The quantitative estimate of drug-likeness (QED) is 0.760. The van der Waals surface area contributed by atoms with Gasteiger partial charge in [-0.3, -0.25) is 4.90 Å². The summed E-state index contributed by atoms with van der Waals surface area (Å²) >= 11 is 0. The van der Waals surface area contributed by atoms with Crippen LogP contribution in [-0.4, -0.2) is 33.5 Å². The summed E-state index contributed by atoms with van der Waals surface area (Å²) < 4.78 is 22.8. The Bertz CT molecular complexity index is 537. The zero-order valence-electron chi connectivity index (χ0n) is 8.85. The van der Waals surface area contributed by atoms with Crippen LogP contribution in [0.5, 0.6) is 0 Å². The van der Waals surface area contributed by atoms with Crippen LogP contribution in [0.25, 0.3) is 5.57 Å². The minimum Gasteiger partial charge on any atom is -0.298 e. The SMILES string of the molecule is CN1CC=C(c2ccccc2S(=O)(=O)Cl)C1. The molecule has 16 heavy (non-hydrogen) atoms. The smallest absolute Gasteiger partial charge is 0.261 e. The molecule has 1 aromatic carbocycles. The van der Waals surface area contributed by atoms with E-state index in [1.54, 1.807) is 12.1 Å². The third kappa shape index (κ3) is 2.29. The second-order valence-electron chi connectivity index (χ2n) is 3.86. The fourth-order valence-corrected chi connectivity index (χ4v) is 2.93. The van der Waals surface area contributed by atoms with Gasteiger partial charge in [-0.1, -0.05) is 24.3 Å². The van der Waals surface area contributed by atoms with Crippen molar-refractivity contribution in [3.8, 4) is 0 Å². The first kappa shape index (κ1) is 11.6. The van der Waals surface area contributed by atoms with Gasteiger partial charge < -0.3 is 0 Å². The van der Waals surface area contributed by atoms with E-state index in [0.29, 0.717) is 5.56 Å². The largest absolute Gasteiger partial charge is 0.298 e. The molecule has 1 aliphatic heterocycles. The number of nitrogens with zero attached hydrogens (tertiary/aromatic N) is 1. The number of rotatable bonds is 2. The van der Waals surface area contributed by atoms with Crippen molar-refractivity contribution < 1.29 is 8.42 Å². The van der Waals surface area contributed by atoms with E-state index < -0.39 is 9.05 Å². The van der Waals surface area contributed by atoms with E-state index in [9.17, 15) is 8.42 Å². The van der Waals surface area contributed by atoms with Crippen molar-refractivity contribution in [2.75, 3.05) is 20.1 Å². The lowest BCUT2D eigenvalue weighted by Gasteiger charge is -2.10. The van der Waals surface area contributed by atoms with Crippen molar-refractivity contribution in [3.05, 3.63) is 35.9 Å². The monoisotopic (exact) mass is 257 g/mol. The van der Waals surface area contributed by atoms with Crippen LogP contribution < -0.4 is 0 Å². The van der Waals surface area contributed by atoms with E-state index in [1.165, 1.54) is 6.07 Å². The van der Waals surface area contributed by atoms with Gasteiger partial charge in [-0.25, -0.2) is 8.42 Å². The standard InChI is InChI=1S/C11H12ClNO2S/c1-13-7-6-9(8-13)10-4-2-3-5-11(10)16(12,14)15/h2-6H,7-8H2,1H3. The van der Waals surface area contributed by atoms with Gasteiger partial charge in [-0.2, -0.15) is 0 Å². The Balaban J connectivity index is 2.50. The Hall–Kier alpha value is -0.840. The Morgan fingerprint density at radius 3 is 2.56 bits per heavy atom. The molecule has 0 saturated carbocycles. The first-order chi connectivity index (χ1) is 7.48. The summed E-state index contributed by atoms with van der Waals surface area (Å²) in [5.74, 6) is 0. The van der Waals surface area contributed by atoms with Gasteiger partial charge in [-0.05, 0) is 24.3 Å². The second kappa shape index (κ2) is 4.20. The van der Waals surface area contributed by atoms with Gasteiger partial charge in [0, 0.05) is 23.8 Å². The maximum atomic E-state index is 11.4. The van der Waals surface area contributed by atoms with Gasteiger partial charge in [0.15, 0.2) is 0 Å². The third-order valence-corrected chi connectivity index (χ3v) is 3.97. The fourth-order valence-electron chi connectivity index (χ4n) is 1.83. The van der Waals surface area contributed by atoms with Gasteiger partial charge in [0.1, 0.15) is 0 Å². The molecule has 3 nitrogen and oxygen atoms in total. The van der Waals surface area contributed by atoms with Crippen molar-refractivity contribution in [1.82, 2.24) is 4.90 Å². The maximum absolute atomic E-state index is 11.4. The highest BCUT2D eigenvalue weighted by molar-refractivity contribution is 8.13. The van der Waals surface area contributed by atoms with Crippen molar-refractivity contribution in [2.45, 2.75) is 4.90 Å². The first-order valence-electron chi connectivity index (χ1n) is 4.90. The second-order valence-corrected chi connectivity index (χ2v) is 6.39. The lowest BCUT2D eigenvalue weighted by atomic mass is 10.1. The number of benzene rings is 1. The van der Waals surface area contributed by atoms with Crippen LogP contribution in [0.3, 0.4) is 0 Å². The first-order valence-corrected chi connectivity index (χ1v) is 7.21. The van der Waals surface area contributed by atoms with Crippen molar-refractivity contribution in [1.29, 1.82) is 0 Å². The lowest BCUT2D eigenvalue weighted by Crippen LogP contribution is -2.14. The number of hydrogen-bond acceptors (Lipinski definition) is 3. The molecule has 0 fully saturated rings. The summed E-state index contributed by atoms with van der Waals surface area (Å²) in [7, 11) is 3.72. The molecule has 0 bridgehead atoms. The topological polar surface area (TPSA) is 37.4 Å². The highest BCUT2D eigenvalue weighted by Gasteiger charge is 2.20. The van der Waals surface area contributed by atoms with Gasteiger partial charge in [-0.15, -0.1) is 0 Å². The minimum atomic E-state index is -3.68.